The zero-order chi connectivity index (χ0) is 14.1. The Hall–Kier alpha value is -0.740. The predicted octanol–water partition coefficient (Wildman–Crippen LogP) is 4.37. The van der Waals surface area contributed by atoms with Crippen molar-refractivity contribution in [3.63, 3.8) is 0 Å². The van der Waals surface area contributed by atoms with Crippen LogP contribution in [-0.2, 0) is 12.4 Å². The van der Waals surface area contributed by atoms with Gasteiger partial charge < -0.3 is 4.57 Å². The topological polar surface area (TPSA) is 17.8 Å². The van der Waals surface area contributed by atoms with E-state index in [1.807, 2.05) is 17.8 Å². The van der Waals surface area contributed by atoms with Gasteiger partial charge in [0.2, 0.25) is 0 Å². The fraction of sp³-hybridized carbons (Fsp3) is 0.533. The summed E-state index contributed by atoms with van der Waals surface area (Å²) in [5.41, 5.74) is 2.39. The standard InChI is InChI=1S/C15H18ClFN2S/c1-10-6-14-13(7-12(10)17)18-15(8-16)19(14)9-11-2-4-20-5-3-11/h6-7,11H,2-5,8-9H2,1H3. The van der Waals surface area contributed by atoms with Crippen molar-refractivity contribution >= 4 is 34.4 Å². The summed E-state index contributed by atoms with van der Waals surface area (Å²) >= 11 is 8.05. The molecule has 0 unspecified atom stereocenters. The van der Waals surface area contributed by atoms with Crippen molar-refractivity contribution in [1.29, 1.82) is 0 Å². The smallest absolute Gasteiger partial charge is 0.128 e. The molecule has 2 nitrogen and oxygen atoms in total. The van der Waals surface area contributed by atoms with Crippen LogP contribution in [0, 0.1) is 18.7 Å². The Morgan fingerprint density at radius 3 is 2.85 bits per heavy atom. The van der Waals surface area contributed by atoms with Gasteiger partial charge in [-0.05, 0) is 48.8 Å². The molecular formula is C15H18ClFN2S. The highest BCUT2D eigenvalue weighted by Gasteiger charge is 2.18. The average Bonchev–Trinajstić information content (AvgIpc) is 2.78. The van der Waals surface area contributed by atoms with Crippen molar-refractivity contribution in [1.82, 2.24) is 9.55 Å². The van der Waals surface area contributed by atoms with E-state index in [0.29, 0.717) is 22.9 Å². The van der Waals surface area contributed by atoms with E-state index >= 15 is 0 Å². The predicted molar refractivity (Wildman–Crippen MR) is 84.0 cm³/mol. The number of benzene rings is 1. The number of hydrogen-bond donors (Lipinski definition) is 0. The highest BCUT2D eigenvalue weighted by molar-refractivity contribution is 7.99. The minimum absolute atomic E-state index is 0.197. The molecule has 0 saturated carbocycles. The zero-order valence-electron chi connectivity index (χ0n) is 11.5. The van der Waals surface area contributed by atoms with Gasteiger partial charge in [0.15, 0.2) is 0 Å². The first-order valence-corrected chi connectivity index (χ1v) is 8.67. The molecule has 0 atom stereocenters. The number of thioether (sulfide) groups is 1. The summed E-state index contributed by atoms with van der Waals surface area (Å²) < 4.78 is 15.9. The van der Waals surface area contributed by atoms with Crippen LogP contribution in [0.25, 0.3) is 11.0 Å². The normalized spacial score (nSPS) is 16.9. The second-order valence-corrected chi connectivity index (χ2v) is 6.91. The second kappa shape index (κ2) is 5.94. The number of hydrogen-bond acceptors (Lipinski definition) is 2. The highest BCUT2D eigenvalue weighted by atomic mass is 35.5. The van der Waals surface area contributed by atoms with Crippen LogP contribution in [0.1, 0.15) is 24.2 Å². The molecule has 0 radical (unpaired) electrons. The Morgan fingerprint density at radius 2 is 2.15 bits per heavy atom. The van der Waals surface area contributed by atoms with E-state index in [-0.39, 0.29) is 5.82 Å². The molecule has 1 aromatic carbocycles. The SMILES string of the molecule is Cc1cc2c(cc1F)nc(CCl)n2CC1CCSCC1. The lowest BCUT2D eigenvalue weighted by Gasteiger charge is -2.22. The molecule has 2 aromatic rings. The van der Waals surface area contributed by atoms with Gasteiger partial charge in [0, 0.05) is 12.6 Å². The molecule has 0 aliphatic carbocycles. The molecule has 1 fully saturated rings. The number of aryl methyl sites for hydroxylation is 1. The highest BCUT2D eigenvalue weighted by Crippen LogP contribution is 2.28. The molecule has 1 aromatic heterocycles. The third kappa shape index (κ3) is 2.68. The maximum atomic E-state index is 13.7. The van der Waals surface area contributed by atoms with Gasteiger partial charge in [-0.2, -0.15) is 11.8 Å². The Kier molecular flexibility index (Phi) is 4.22. The van der Waals surface area contributed by atoms with Crippen molar-refractivity contribution in [2.45, 2.75) is 32.2 Å². The third-order valence-electron chi connectivity index (χ3n) is 4.01. The zero-order valence-corrected chi connectivity index (χ0v) is 13.1. The fourth-order valence-electron chi connectivity index (χ4n) is 2.79. The molecule has 1 aliphatic heterocycles. The van der Waals surface area contributed by atoms with E-state index in [9.17, 15) is 4.39 Å². The molecule has 1 saturated heterocycles. The lowest BCUT2D eigenvalue weighted by molar-refractivity contribution is 0.417. The van der Waals surface area contributed by atoms with Crippen LogP contribution in [0.15, 0.2) is 12.1 Å². The van der Waals surface area contributed by atoms with E-state index in [2.05, 4.69) is 9.55 Å². The maximum Gasteiger partial charge on any atom is 0.128 e. The minimum Gasteiger partial charge on any atom is -0.327 e. The van der Waals surface area contributed by atoms with Crippen LogP contribution in [0.3, 0.4) is 0 Å². The monoisotopic (exact) mass is 312 g/mol. The van der Waals surface area contributed by atoms with Gasteiger partial charge >= 0.3 is 0 Å². The third-order valence-corrected chi connectivity index (χ3v) is 5.30. The summed E-state index contributed by atoms with van der Waals surface area (Å²) in [4.78, 5) is 4.48. The Bertz CT molecular complexity index is 620. The summed E-state index contributed by atoms with van der Waals surface area (Å²) in [5.74, 6) is 4.18. The lowest BCUT2D eigenvalue weighted by atomic mass is 10.0. The Morgan fingerprint density at radius 1 is 1.40 bits per heavy atom. The Labute approximate surface area is 127 Å². The van der Waals surface area contributed by atoms with Crippen molar-refractivity contribution in [3.05, 3.63) is 29.3 Å². The van der Waals surface area contributed by atoms with Crippen molar-refractivity contribution in [3.8, 4) is 0 Å². The van der Waals surface area contributed by atoms with Crippen molar-refractivity contribution < 1.29 is 4.39 Å². The van der Waals surface area contributed by atoms with Crippen LogP contribution >= 0.6 is 23.4 Å². The number of rotatable bonds is 3. The molecule has 3 rings (SSSR count). The van der Waals surface area contributed by atoms with Gasteiger partial charge in [-0.3, -0.25) is 0 Å². The molecular weight excluding hydrogens is 295 g/mol. The van der Waals surface area contributed by atoms with Crippen molar-refractivity contribution in [2.75, 3.05) is 11.5 Å². The van der Waals surface area contributed by atoms with Crippen LogP contribution in [-0.4, -0.2) is 21.1 Å². The molecule has 0 amide bonds. The fourth-order valence-corrected chi connectivity index (χ4v) is 4.20. The van der Waals surface area contributed by atoms with Crippen LogP contribution in [0.5, 0.6) is 0 Å². The van der Waals surface area contributed by atoms with Gasteiger partial charge in [0.05, 0.1) is 16.9 Å². The van der Waals surface area contributed by atoms with Crippen molar-refractivity contribution in [2.24, 2.45) is 5.92 Å². The minimum atomic E-state index is -0.197. The summed E-state index contributed by atoms with van der Waals surface area (Å²) in [6.07, 6.45) is 2.48. The molecule has 0 spiro atoms. The van der Waals surface area contributed by atoms with Gasteiger partial charge in [0.1, 0.15) is 11.6 Å². The first kappa shape index (κ1) is 14.2. The summed E-state index contributed by atoms with van der Waals surface area (Å²) in [6.45, 7) is 2.74. The molecule has 1 aliphatic rings. The number of alkyl halides is 1. The largest absolute Gasteiger partial charge is 0.327 e. The van der Waals surface area contributed by atoms with E-state index in [4.69, 9.17) is 11.6 Å². The molecule has 2 heterocycles. The van der Waals surface area contributed by atoms with E-state index in [1.165, 1.54) is 30.4 Å². The van der Waals surface area contributed by atoms with E-state index < -0.39 is 0 Å². The number of fused-ring (bicyclic) bond motifs is 1. The molecule has 0 bridgehead atoms. The van der Waals surface area contributed by atoms with Crippen LogP contribution < -0.4 is 0 Å². The Balaban J connectivity index is 2.00. The molecule has 20 heavy (non-hydrogen) atoms. The lowest BCUT2D eigenvalue weighted by Crippen LogP contribution is -2.17. The first-order valence-electron chi connectivity index (χ1n) is 6.98. The summed E-state index contributed by atoms with van der Waals surface area (Å²) in [6, 6.07) is 3.42. The maximum absolute atomic E-state index is 13.7. The van der Waals surface area contributed by atoms with E-state index in [1.54, 1.807) is 6.92 Å². The van der Waals surface area contributed by atoms with Gasteiger partial charge in [-0.15, -0.1) is 11.6 Å². The number of imidazole rings is 1. The summed E-state index contributed by atoms with van der Waals surface area (Å²) in [5, 5.41) is 0. The summed E-state index contributed by atoms with van der Waals surface area (Å²) in [7, 11) is 0. The van der Waals surface area contributed by atoms with Crippen LogP contribution in [0.4, 0.5) is 4.39 Å². The second-order valence-electron chi connectivity index (χ2n) is 5.42. The van der Waals surface area contributed by atoms with Gasteiger partial charge in [-0.1, -0.05) is 0 Å². The van der Waals surface area contributed by atoms with E-state index in [0.717, 1.165) is 17.9 Å². The van der Waals surface area contributed by atoms with Gasteiger partial charge in [0.25, 0.3) is 0 Å². The molecule has 108 valence electrons. The first-order chi connectivity index (χ1) is 9.69. The quantitative estimate of drug-likeness (QED) is 0.783. The number of aromatic nitrogens is 2. The molecule has 0 N–H and O–H groups in total. The molecule has 5 heteroatoms. The number of halogens is 2. The van der Waals surface area contributed by atoms with Crippen LogP contribution in [0.2, 0.25) is 0 Å². The average molecular weight is 313 g/mol. The van der Waals surface area contributed by atoms with Gasteiger partial charge in [-0.25, -0.2) is 9.37 Å². The number of nitrogens with zero attached hydrogens (tertiary/aromatic N) is 2.